The summed E-state index contributed by atoms with van der Waals surface area (Å²) in [6.45, 7) is 0. The molecule has 0 radical (unpaired) electrons. The number of hydrogen-bond acceptors (Lipinski definition) is 5. The van der Waals surface area contributed by atoms with E-state index in [2.05, 4.69) is 26.2 Å². The van der Waals surface area contributed by atoms with E-state index < -0.39 is 9.84 Å². The topological polar surface area (TPSA) is 85.1 Å². The van der Waals surface area contributed by atoms with E-state index >= 15 is 0 Å². The lowest BCUT2D eigenvalue weighted by atomic mass is 10.3. The van der Waals surface area contributed by atoms with Gasteiger partial charge in [-0.15, -0.1) is 0 Å². The molecule has 0 amide bonds. The molecule has 1 heterocycles. The van der Waals surface area contributed by atoms with E-state index in [0.717, 1.165) is 10.2 Å². The van der Waals surface area contributed by atoms with Gasteiger partial charge in [-0.2, -0.15) is 0 Å². The van der Waals surface area contributed by atoms with Crippen molar-refractivity contribution in [3.05, 3.63) is 41.0 Å². The number of benzene rings is 1. The molecule has 1 aromatic carbocycles. The second-order valence-corrected chi connectivity index (χ2v) is 6.89. The van der Waals surface area contributed by atoms with Crippen LogP contribution < -0.4 is 11.1 Å². The Labute approximate surface area is 119 Å². The maximum absolute atomic E-state index is 11.3. The van der Waals surface area contributed by atoms with Crippen molar-refractivity contribution in [2.24, 2.45) is 0 Å². The molecule has 7 heteroatoms. The molecule has 100 valence electrons. The third-order valence-corrected chi connectivity index (χ3v) is 4.14. The molecule has 2 aromatic rings. The fourth-order valence-corrected chi connectivity index (χ4v) is 2.56. The molecule has 0 unspecified atom stereocenters. The molecule has 0 atom stereocenters. The summed E-state index contributed by atoms with van der Waals surface area (Å²) in [4.78, 5) is 4.42. The number of nitrogens with two attached hydrogens (primary N) is 1. The van der Waals surface area contributed by atoms with Gasteiger partial charge in [0.25, 0.3) is 0 Å². The van der Waals surface area contributed by atoms with Crippen LogP contribution in [-0.4, -0.2) is 19.7 Å². The van der Waals surface area contributed by atoms with Gasteiger partial charge in [0.15, 0.2) is 9.84 Å². The van der Waals surface area contributed by atoms with Gasteiger partial charge in [0, 0.05) is 11.9 Å². The van der Waals surface area contributed by atoms with Gasteiger partial charge in [0.2, 0.25) is 0 Å². The van der Waals surface area contributed by atoms with Gasteiger partial charge in [-0.1, -0.05) is 0 Å². The highest BCUT2D eigenvalue weighted by Gasteiger charge is 2.07. The van der Waals surface area contributed by atoms with Crippen LogP contribution >= 0.6 is 15.9 Å². The van der Waals surface area contributed by atoms with Gasteiger partial charge in [0.1, 0.15) is 5.82 Å². The average Bonchev–Trinajstić information content (AvgIpc) is 2.32. The van der Waals surface area contributed by atoms with E-state index in [4.69, 9.17) is 5.73 Å². The summed E-state index contributed by atoms with van der Waals surface area (Å²) in [6, 6.07) is 8.19. The number of rotatable bonds is 3. The minimum absolute atomic E-state index is 0.280. The Morgan fingerprint density at radius 2 is 1.89 bits per heavy atom. The van der Waals surface area contributed by atoms with Crippen LogP contribution in [0.15, 0.2) is 45.9 Å². The Kier molecular flexibility index (Phi) is 3.77. The number of nitrogens with zero attached hydrogens (tertiary/aromatic N) is 1. The summed E-state index contributed by atoms with van der Waals surface area (Å²) in [5.41, 5.74) is 6.90. The first-order chi connectivity index (χ1) is 8.86. The highest BCUT2D eigenvalue weighted by atomic mass is 79.9. The van der Waals surface area contributed by atoms with Crippen molar-refractivity contribution < 1.29 is 8.42 Å². The van der Waals surface area contributed by atoms with Gasteiger partial charge >= 0.3 is 0 Å². The minimum Gasteiger partial charge on any atom is -0.397 e. The summed E-state index contributed by atoms with van der Waals surface area (Å²) < 4.78 is 23.4. The monoisotopic (exact) mass is 341 g/mol. The zero-order chi connectivity index (χ0) is 14.0. The third kappa shape index (κ3) is 3.45. The van der Waals surface area contributed by atoms with Crippen molar-refractivity contribution in [3.8, 4) is 0 Å². The van der Waals surface area contributed by atoms with E-state index in [0.29, 0.717) is 11.5 Å². The van der Waals surface area contributed by atoms with Gasteiger partial charge in [0.05, 0.1) is 21.3 Å². The average molecular weight is 342 g/mol. The quantitative estimate of drug-likeness (QED) is 0.896. The first-order valence-electron chi connectivity index (χ1n) is 5.34. The van der Waals surface area contributed by atoms with Gasteiger partial charge in [-0.25, -0.2) is 13.4 Å². The lowest BCUT2D eigenvalue weighted by molar-refractivity contribution is 0.602. The van der Waals surface area contributed by atoms with E-state index in [1.165, 1.54) is 12.5 Å². The molecule has 5 nitrogen and oxygen atoms in total. The smallest absolute Gasteiger partial charge is 0.175 e. The van der Waals surface area contributed by atoms with Gasteiger partial charge in [-0.05, 0) is 46.3 Å². The SMILES string of the molecule is CS(=O)(=O)c1ccc(Nc2ncc(N)cc2Br)cc1. The van der Waals surface area contributed by atoms with Crippen molar-refractivity contribution in [2.75, 3.05) is 17.3 Å². The van der Waals surface area contributed by atoms with Crippen molar-refractivity contribution in [2.45, 2.75) is 4.90 Å². The Morgan fingerprint density at radius 3 is 2.42 bits per heavy atom. The van der Waals surface area contributed by atoms with Crippen LogP contribution in [0, 0.1) is 0 Å². The normalized spacial score (nSPS) is 11.3. The van der Waals surface area contributed by atoms with Crippen LogP contribution in [0.3, 0.4) is 0 Å². The molecule has 0 aliphatic heterocycles. The molecule has 0 fully saturated rings. The highest BCUT2D eigenvalue weighted by molar-refractivity contribution is 9.10. The van der Waals surface area contributed by atoms with E-state index in [1.54, 1.807) is 30.3 Å². The number of nitrogens with one attached hydrogen (secondary N) is 1. The Morgan fingerprint density at radius 1 is 1.26 bits per heavy atom. The lowest BCUT2D eigenvalue weighted by Gasteiger charge is -2.08. The lowest BCUT2D eigenvalue weighted by Crippen LogP contribution is -1.99. The molecule has 0 aliphatic carbocycles. The van der Waals surface area contributed by atoms with Crippen LogP contribution in [0.1, 0.15) is 0 Å². The molecule has 0 aliphatic rings. The van der Waals surface area contributed by atoms with E-state index in [1.807, 2.05) is 0 Å². The van der Waals surface area contributed by atoms with Crippen molar-refractivity contribution >= 4 is 43.0 Å². The zero-order valence-electron chi connectivity index (χ0n) is 10.1. The van der Waals surface area contributed by atoms with Crippen LogP contribution in [0.25, 0.3) is 0 Å². The van der Waals surface area contributed by atoms with Crippen LogP contribution in [0.4, 0.5) is 17.2 Å². The van der Waals surface area contributed by atoms with Crippen molar-refractivity contribution in [1.82, 2.24) is 4.98 Å². The third-order valence-electron chi connectivity index (χ3n) is 2.41. The molecule has 2 rings (SSSR count). The first-order valence-corrected chi connectivity index (χ1v) is 8.03. The largest absolute Gasteiger partial charge is 0.397 e. The van der Waals surface area contributed by atoms with Crippen molar-refractivity contribution in [3.63, 3.8) is 0 Å². The zero-order valence-corrected chi connectivity index (χ0v) is 12.5. The fourth-order valence-electron chi connectivity index (χ4n) is 1.47. The number of pyridine rings is 1. The summed E-state index contributed by atoms with van der Waals surface area (Å²) in [6.07, 6.45) is 2.71. The molecule has 0 saturated heterocycles. The minimum atomic E-state index is -3.18. The number of nitrogen functional groups attached to an aromatic ring is 1. The Bertz CT molecular complexity index is 699. The van der Waals surface area contributed by atoms with Crippen molar-refractivity contribution in [1.29, 1.82) is 0 Å². The van der Waals surface area contributed by atoms with Gasteiger partial charge in [-0.3, -0.25) is 0 Å². The fraction of sp³-hybridized carbons (Fsp3) is 0.0833. The predicted molar refractivity (Wildman–Crippen MR) is 79.2 cm³/mol. The maximum Gasteiger partial charge on any atom is 0.175 e. The summed E-state index contributed by atoms with van der Waals surface area (Å²) in [5, 5.41) is 3.07. The number of sulfone groups is 1. The second kappa shape index (κ2) is 5.18. The molecule has 1 aromatic heterocycles. The number of hydrogen-bond donors (Lipinski definition) is 2. The van der Waals surface area contributed by atoms with Crippen LogP contribution in [0.5, 0.6) is 0 Å². The Balaban J connectivity index is 2.25. The number of anilines is 3. The standard InChI is InChI=1S/C12H12BrN3O2S/c1-19(17,18)10-4-2-9(3-5-10)16-12-11(13)6-8(14)7-15-12/h2-7H,14H2,1H3,(H,15,16). The summed E-state index contributed by atoms with van der Waals surface area (Å²) in [7, 11) is -3.18. The van der Waals surface area contributed by atoms with E-state index in [9.17, 15) is 8.42 Å². The number of halogens is 1. The van der Waals surface area contributed by atoms with Crippen LogP contribution in [-0.2, 0) is 9.84 Å². The molecule has 0 saturated carbocycles. The summed E-state index contributed by atoms with van der Waals surface area (Å²) >= 11 is 3.35. The van der Waals surface area contributed by atoms with Crippen LogP contribution in [0.2, 0.25) is 0 Å². The number of aromatic nitrogens is 1. The molecule has 3 N–H and O–H groups in total. The van der Waals surface area contributed by atoms with E-state index in [-0.39, 0.29) is 4.90 Å². The molecule has 19 heavy (non-hydrogen) atoms. The molecular weight excluding hydrogens is 330 g/mol. The Hall–Kier alpha value is -1.60. The molecular formula is C12H12BrN3O2S. The maximum atomic E-state index is 11.3. The predicted octanol–water partition coefficient (Wildman–Crippen LogP) is 2.57. The van der Waals surface area contributed by atoms with Gasteiger partial charge < -0.3 is 11.1 Å². The summed E-state index contributed by atoms with van der Waals surface area (Å²) in [5.74, 6) is 0.612. The molecule has 0 spiro atoms. The molecule has 0 bridgehead atoms. The highest BCUT2D eigenvalue weighted by Crippen LogP contribution is 2.25. The second-order valence-electron chi connectivity index (χ2n) is 4.02. The first kappa shape index (κ1) is 13.8.